The highest BCUT2D eigenvalue weighted by molar-refractivity contribution is 7.20. The van der Waals surface area contributed by atoms with Crippen molar-refractivity contribution in [2.24, 2.45) is 5.73 Å². The number of carbonyl (C=O) groups is 2. The molecule has 2 aromatic carbocycles. The molecule has 4 heteroatoms. The fourth-order valence-corrected chi connectivity index (χ4v) is 3.61. The van der Waals surface area contributed by atoms with E-state index in [-0.39, 0.29) is 12.2 Å². The SMILES string of the molecule is Cc1ccc(CC(=O)c2cc3cc(C)ccc3s2)c(C(N)=O)c1. The second kappa shape index (κ2) is 5.97. The number of rotatable bonds is 4. The van der Waals surface area contributed by atoms with Gasteiger partial charge >= 0.3 is 0 Å². The third kappa shape index (κ3) is 3.17. The van der Waals surface area contributed by atoms with Crippen molar-refractivity contribution >= 4 is 33.1 Å². The summed E-state index contributed by atoms with van der Waals surface area (Å²) < 4.78 is 1.10. The van der Waals surface area contributed by atoms with Gasteiger partial charge in [0.2, 0.25) is 5.91 Å². The number of Topliss-reactive ketones (excluding diaryl/α,β-unsaturated/α-hetero) is 1. The maximum atomic E-state index is 12.6. The van der Waals surface area contributed by atoms with Crippen LogP contribution in [-0.2, 0) is 6.42 Å². The number of nitrogens with two attached hydrogens (primary N) is 1. The Morgan fingerprint density at radius 1 is 1.00 bits per heavy atom. The Kier molecular flexibility index (Phi) is 4.01. The van der Waals surface area contributed by atoms with Crippen LogP contribution in [0.2, 0.25) is 0 Å². The predicted octanol–water partition coefficient (Wildman–Crippen LogP) is 4.04. The predicted molar refractivity (Wildman–Crippen MR) is 94.3 cm³/mol. The largest absolute Gasteiger partial charge is 0.366 e. The molecule has 0 spiro atoms. The Bertz CT molecular complexity index is 924. The molecule has 1 amide bonds. The average Bonchev–Trinajstić information content (AvgIpc) is 2.92. The summed E-state index contributed by atoms with van der Waals surface area (Å²) in [6, 6.07) is 13.5. The number of carbonyl (C=O) groups excluding carboxylic acids is 2. The van der Waals surface area contributed by atoms with Crippen LogP contribution >= 0.6 is 11.3 Å². The van der Waals surface area contributed by atoms with E-state index in [0.29, 0.717) is 16.0 Å². The van der Waals surface area contributed by atoms with Gasteiger partial charge in [0, 0.05) is 16.7 Å². The van der Waals surface area contributed by atoms with Crippen LogP contribution in [0.25, 0.3) is 10.1 Å². The van der Waals surface area contributed by atoms with Gasteiger partial charge < -0.3 is 5.73 Å². The standard InChI is InChI=1S/C19H17NO2S/c1-11-4-6-17-14(7-11)10-18(23-17)16(21)9-13-5-3-12(2)8-15(13)19(20)22/h3-8,10H,9H2,1-2H3,(H2,20,22). The van der Waals surface area contributed by atoms with E-state index in [9.17, 15) is 9.59 Å². The van der Waals surface area contributed by atoms with Crippen LogP contribution in [0.4, 0.5) is 0 Å². The lowest BCUT2D eigenvalue weighted by molar-refractivity contribution is 0.0994. The summed E-state index contributed by atoms with van der Waals surface area (Å²) in [5, 5.41) is 1.08. The number of primary amides is 1. The molecule has 0 aliphatic carbocycles. The lowest BCUT2D eigenvalue weighted by Crippen LogP contribution is -2.15. The van der Waals surface area contributed by atoms with Crippen LogP contribution in [-0.4, -0.2) is 11.7 Å². The van der Waals surface area contributed by atoms with Gasteiger partial charge in [-0.05, 0) is 43.0 Å². The zero-order chi connectivity index (χ0) is 16.6. The lowest BCUT2D eigenvalue weighted by atomic mass is 9.99. The van der Waals surface area contributed by atoms with E-state index in [4.69, 9.17) is 5.73 Å². The number of amides is 1. The molecule has 3 aromatic rings. The first kappa shape index (κ1) is 15.4. The molecule has 116 valence electrons. The first-order chi connectivity index (χ1) is 10.9. The Balaban J connectivity index is 1.93. The molecule has 0 unspecified atom stereocenters. The number of thiophene rings is 1. The van der Waals surface area contributed by atoms with Crippen LogP contribution < -0.4 is 5.73 Å². The van der Waals surface area contributed by atoms with Crippen molar-refractivity contribution in [1.29, 1.82) is 0 Å². The molecule has 23 heavy (non-hydrogen) atoms. The number of ketones is 1. The van der Waals surface area contributed by atoms with Crippen LogP contribution in [0.5, 0.6) is 0 Å². The Labute approximate surface area is 138 Å². The molecular formula is C19H17NO2S. The van der Waals surface area contributed by atoms with Gasteiger partial charge in [0.05, 0.1) is 4.88 Å². The number of fused-ring (bicyclic) bond motifs is 1. The second-order valence-electron chi connectivity index (χ2n) is 5.78. The van der Waals surface area contributed by atoms with Crippen LogP contribution in [0.15, 0.2) is 42.5 Å². The zero-order valence-corrected chi connectivity index (χ0v) is 13.9. The number of hydrogen-bond donors (Lipinski definition) is 1. The molecule has 0 bridgehead atoms. The smallest absolute Gasteiger partial charge is 0.248 e. The highest BCUT2D eigenvalue weighted by Crippen LogP contribution is 2.28. The Hall–Kier alpha value is -2.46. The molecule has 1 heterocycles. The monoisotopic (exact) mass is 323 g/mol. The topological polar surface area (TPSA) is 60.2 Å². The van der Waals surface area contributed by atoms with E-state index in [1.807, 2.05) is 44.2 Å². The van der Waals surface area contributed by atoms with Crippen molar-refractivity contribution < 1.29 is 9.59 Å². The van der Waals surface area contributed by atoms with E-state index < -0.39 is 5.91 Å². The van der Waals surface area contributed by atoms with Crippen LogP contribution in [0, 0.1) is 13.8 Å². The first-order valence-electron chi connectivity index (χ1n) is 7.37. The van der Waals surface area contributed by atoms with Crippen molar-refractivity contribution in [3.05, 3.63) is 69.6 Å². The second-order valence-corrected chi connectivity index (χ2v) is 6.86. The summed E-state index contributed by atoms with van der Waals surface area (Å²) in [7, 11) is 0. The quantitative estimate of drug-likeness (QED) is 0.737. The molecular weight excluding hydrogens is 306 g/mol. The summed E-state index contributed by atoms with van der Waals surface area (Å²) >= 11 is 1.49. The molecule has 0 aliphatic heterocycles. The number of hydrogen-bond acceptors (Lipinski definition) is 3. The van der Waals surface area contributed by atoms with Gasteiger partial charge in [-0.25, -0.2) is 0 Å². The van der Waals surface area contributed by atoms with E-state index >= 15 is 0 Å². The minimum absolute atomic E-state index is 0.00945. The van der Waals surface area contributed by atoms with Gasteiger partial charge in [-0.2, -0.15) is 0 Å². The highest BCUT2D eigenvalue weighted by Gasteiger charge is 2.15. The third-order valence-electron chi connectivity index (χ3n) is 3.83. The molecule has 0 saturated carbocycles. The minimum Gasteiger partial charge on any atom is -0.366 e. The Morgan fingerprint density at radius 3 is 2.43 bits per heavy atom. The maximum Gasteiger partial charge on any atom is 0.248 e. The van der Waals surface area contributed by atoms with Gasteiger partial charge in [0.15, 0.2) is 5.78 Å². The first-order valence-corrected chi connectivity index (χ1v) is 8.18. The Morgan fingerprint density at radius 2 is 1.70 bits per heavy atom. The summed E-state index contributed by atoms with van der Waals surface area (Å²) in [5.41, 5.74) is 8.66. The van der Waals surface area contributed by atoms with Crippen LogP contribution in [0.3, 0.4) is 0 Å². The highest BCUT2D eigenvalue weighted by atomic mass is 32.1. The molecule has 0 fully saturated rings. The van der Waals surface area contributed by atoms with E-state index in [0.717, 1.165) is 15.6 Å². The molecule has 3 rings (SSSR count). The third-order valence-corrected chi connectivity index (χ3v) is 4.99. The fraction of sp³-hybridized carbons (Fsp3) is 0.158. The van der Waals surface area contributed by atoms with Gasteiger partial charge in [0.1, 0.15) is 0 Å². The van der Waals surface area contributed by atoms with E-state index in [1.165, 1.54) is 16.9 Å². The average molecular weight is 323 g/mol. The van der Waals surface area contributed by atoms with Gasteiger partial charge in [0.25, 0.3) is 0 Å². The van der Waals surface area contributed by atoms with Crippen molar-refractivity contribution in [2.75, 3.05) is 0 Å². The molecule has 0 radical (unpaired) electrons. The van der Waals surface area contributed by atoms with E-state index in [1.54, 1.807) is 6.07 Å². The molecule has 0 aliphatic rings. The maximum absolute atomic E-state index is 12.6. The summed E-state index contributed by atoms with van der Waals surface area (Å²) in [5.74, 6) is -0.487. The van der Waals surface area contributed by atoms with Gasteiger partial charge in [-0.1, -0.05) is 35.4 Å². The van der Waals surface area contributed by atoms with Crippen molar-refractivity contribution in [1.82, 2.24) is 0 Å². The van der Waals surface area contributed by atoms with Crippen LogP contribution in [0.1, 0.15) is 36.7 Å². The number of aryl methyl sites for hydroxylation is 2. The fourth-order valence-electron chi connectivity index (χ4n) is 2.63. The molecule has 0 atom stereocenters. The van der Waals surface area contributed by atoms with Crippen molar-refractivity contribution in [3.8, 4) is 0 Å². The van der Waals surface area contributed by atoms with Crippen molar-refractivity contribution in [3.63, 3.8) is 0 Å². The zero-order valence-electron chi connectivity index (χ0n) is 13.1. The molecule has 0 saturated heterocycles. The van der Waals surface area contributed by atoms with E-state index in [2.05, 4.69) is 6.07 Å². The normalized spacial score (nSPS) is 10.9. The molecule has 1 aromatic heterocycles. The lowest BCUT2D eigenvalue weighted by Gasteiger charge is -2.06. The van der Waals surface area contributed by atoms with Gasteiger partial charge in [-0.15, -0.1) is 11.3 Å². The minimum atomic E-state index is -0.497. The van der Waals surface area contributed by atoms with Gasteiger partial charge in [-0.3, -0.25) is 9.59 Å². The summed E-state index contributed by atoms with van der Waals surface area (Å²) in [4.78, 5) is 24.9. The summed E-state index contributed by atoms with van der Waals surface area (Å²) in [6.45, 7) is 3.93. The molecule has 2 N–H and O–H groups in total. The number of benzene rings is 2. The summed E-state index contributed by atoms with van der Waals surface area (Å²) in [6.07, 6.45) is 0.185. The molecule has 3 nitrogen and oxygen atoms in total. The van der Waals surface area contributed by atoms with Crippen molar-refractivity contribution in [2.45, 2.75) is 20.3 Å².